The first-order valence-corrected chi connectivity index (χ1v) is 7.03. The molecule has 0 aliphatic heterocycles. The first-order valence-electron chi connectivity index (χ1n) is 7.03. The fourth-order valence-corrected chi connectivity index (χ4v) is 2.09. The van der Waals surface area contributed by atoms with E-state index < -0.39 is 5.97 Å². The van der Waals surface area contributed by atoms with Gasteiger partial charge in [0, 0.05) is 17.3 Å². The second-order valence-corrected chi connectivity index (χ2v) is 4.81. The van der Waals surface area contributed by atoms with Gasteiger partial charge in [-0.15, -0.1) is 0 Å². The summed E-state index contributed by atoms with van der Waals surface area (Å²) in [7, 11) is 1.56. The second-order valence-electron chi connectivity index (χ2n) is 4.81. The molecule has 2 aromatic rings. The number of carbonyl (C=O) groups is 1. The summed E-state index contributed by atoms with van der Waals surface area (Å²) < 4.78 is 6.67. The Labute approximate surface area is 138 Å². The minimum atomic E-state index is -1.30. The molecule has 1 aromatic heterocycles. The first-order chi connectivity index (χ1) is 11.6. The van der Waals surface area contributed by atoms with Gasteiger partial charge in [-0.2, -0.15) is 15.6 Å². The molecule has 0 spiro atoms. The van der Waals surface area contributed by atoms with Gasteiger partial charge in [-0.05, 0) is 30.3 Å². The van der Waals surface area contributed by atoms with Crippen molar-refractivity contribution in [2.45, 2.75) is 13.0 Å². The summed E-state index contributed by atoms with van der Waals surface area (Å²) in [5.74, 6) is -0.619. The van der Waals surface area contributed by atoms with E-state index in [0.29, 0.717) is 23.6 Å². The SMILES string of the molecule is COc1ccc(-c2nn(CCC#N)cc2/C=C(/C#N)C(=O)O)cc1. The molecule has 0 amide bonds. The van der Waals surface area contributed by atoms with E-state index in [2.05, 4.69) is 5.10 Å². The lowest BCUT2D eigenvalue weighted by molar-refractivity contribution is -0.132. The summed E-state index contributed by atoms with van der Waals surface area (Å²) in [4.78, 5) is 11.1. The Morgan fingerprint density at radius 1 is 1.38 bits per heavy atom. The molecule has 7 nitrogen and oxygen atoms in total. The summed E-state index contributed by atoms with van der Waals surface area (Å²) >= 11 is 0. The number of hydrogen-bond donors (Lipinski definition) is 1. The van der Waals surface area contributed by atoms with Crippen molar-refractivity contribution in [3.05, 3.63) is 41.6 Å². The average Bonchev–Trinajstić information content (AvgIpc) is 3.00. The van der Waals surface area contributed by atoms with E-state index in [-0.39, 0.29) is 12.0 Å². The number of aromatic nitrogens is 2. The Balaban J connectivity index is 2.51. The lowest BCUT2D eigenvalue weighted by atomic mass is 10.1. The molecule has 0 unspecified atom stereocenters. The third kappa shape index (κ3) is 3.79. The van der Waals surface area contributed by atoms with Crippen LogP contribution in [0.2, 0.25) is 0 Å². The minimum absolute atomic E-state index is 0.275. The molecule has 1 aromatic carbocycles. The maximum absolute atomic E-state index is 11.1. The molecule has 1 heterocycles. The number of hydrogen-bond acceptors (Lipinski definition) is 5. The van der Waals surface area contributed by atoms with Crippen molar-refractivity contribution in [3.8, 4) is 29.1 Å². The zero-order chi connectivity index (χ0) is 17.5. The van der Waals surface area contributed by atoms with Gasteiger partial charge >= 0.3 is 5.97 Å². The summed E-state index contributed by atoms with van der Waals surface area (Å²) in [5, 5.41) is 31.1. The number of carboxylic acid groups (broad SMARTS) is 1. The normalized spacial score (nSPS) is 10.7. The molecule has 120 valence electrons. The molecule has 1 N–H and O–H groups in total. The number of methoxy groups -OCH3 is 1. The molecule has 0 saturated heterocycles. The molecule has 0 atom stereocenters. The zero-order valence-corrected chi connectivity index (χ0v) is 12.9. The summed E-state index contributed by atoms with van der Waals surface area (Å²) in [5.41, 5.74) is 1.40. The van der Waals surface area contributed by atoms with Gasteiger partial charge in [0.25, 0.3) is 0 Å². The van der Waals surface area contributed by atoms with Crippen molar-refractivity contribution >= 4 is 12.0 Å². The maximum atomic E-state index is 11.1. The average molecular weight is 322 g/mol. The predicted octanol–water partition coefficient (Wildman–Crippen LogP) is 2.46. The molecule has 2 rings (SSSR count). The van der Waals surface area contributed by atoms with Crippen LogP contribution in [0.5, 0.6) is 5.75 Å². The number of benzene rings is 1. The van der Waals surface area contributed by atoms with E-state index >= 15 is 0 Å². The van der Waals surface area contributed by atoms with Crippen molar-refractivity contribution in [2.75, 3.05) is 7.11 Å². The van der Waals surface area contributed by atoms with Crippen LogP contribution < -0.4 is 4.74 Å². The topological polar surface area (TPSA) is 112 Å². The van der Waals surface area contributed by atoms with Gasteiger partial charge in [0.15, 0.2) is 0 Å². The van der Waals surface area contributed by atoms with Crippen LogP contribution in [0.1, 0.15) is 12.0 Å². The number of rotatable bonds is 6. The smallest absolute Gasteiger partial charge is 0.346 e. The van der Waals surface area contributed by atoms with Gasteiger partial charge < -0.3 is 9.84 Å². The molecule has 0 bridgehead atoms. The molecule has 0 saturated carbocycles. The van der Waals surface area contributed by atoms with Crippen LogP contribution in [0.4, 0.5) is 0 Å². The molecule has 0 fully saturated rings. The van der Waals surface area contributed by atoms with Crippen LogP contribution in [0.3, 0.4) is 0 Å². The number of carboxylic acids is 1. The van der Waals surface area contributed by atoms with Crippen LogP contribution in [-0.4, -0.2) is 28.0 Å². The lowest BCUT2D eigenvalue weighted by Gasteiger charge is -2.02. The van der Waals surface area contributed by atoms with Gasteiger partial charge in [-0.3, -0.25) is 4.68 Å². The van der Waals surface area contributed by atoms with Gasteiger partial charge in [-0.25, -0.2) is 4.79 Å². The van der Waals surface area contributed by atoms with Crippen molar-refractivity contribution in [1.29, 1.82) is 10.5 Å². The largest absolute Gasteiger partial charge is 0.497 e. The molecule has 0 aliphatic rings. The van der Waals surface area contributed by atoms with E-state index in [0.717, 1.165) is 5.56 Å². The summed E-state index contributed by atoms with van der Waals surface area (Å²) in [6.07, 6.45) is 3.17. The van der Waals surface area contributed by atoms with E-state index in [9.17, 15) is 4.79 Å². The van der Waals surface area contributed by atoms with Crippen LogP contribution >= 0.6 is 0 Å². The van der Waals surface area contributed by atoms with Crippen molar-refractivity contribution in [3.63, 3.8) is 0 Å². The Bertz CT molecular complexity index is 851. The predicted molar refractivity (Wildman–Crippen MR) is 85.7 cm³/mol. The summed E-state index contributed by atoms with van der Waals surface area (Å²) in [6.45, 7) is 0.377. The highest BCUT2D eigenvalue weighted by Crippen LogP contribution is 2.26. The maximum Gasteiger partial charge on any atom is 0.346 e. The Hall–Kier alpha value is -3.58. The molecule has 24 heavy (non-hydrogen) atoms. The monoisotopic (exact) mass is 322 g/mol. The number of ether oxygens (including phenoxy) is 1. The third-order valence-corrected chi connectivity index (χ3v) is 3.26. The van der Waals surface area contributed by atoms with Crippen molar-refractivity contribution in [2.24, 2.45) is 0 Å². The van der Waals surface area contributed by atoms with Crippen LogP contribution in [0, 0.1) is 22.7 Å². The van der Waals surface area contributed by atoms with Gasteiger partial charge in [0.05, 0.1) is 31.8 Å². The van der Waals surface area contributed by atoms with Crippen LogP contribution in [-0.2, 0) is 11.3 Å². The molecular weight excluding hydrogens is 308 g/mol. The fourth-order valence-electron chi connectivity index (χ4n) is 2.09. The Morgan fingerprint density at radius 3 is 2.62 bits per heavy atom. The molecule has 7 heteroatoms. The minimum Gasteiger partial charge on any atom is -0.497 e. The third-order valence-electron chi connectivity index (χ3n) is 3.26. The first kappa shape index (κ1) is 16.8. The van der Waals surface area contributed by atoms with E-state index in [1.807, 2.05) is 6.07 Å². The highest BCUT2D eigenvalue weighted by molar-refractivity contribution is 5.97. The van der Waals surface area contributed by atoms with Crippen molar-refractivity contribution in [1.82, 2.24) is 9.78 Å². The number of nitriles is 2. The Morgan fingerprint density at radius 2 is 2.08 bits per heavy atom. The zero-order valence-electron chi connectivity index (χ0n) is 12.9. The molecule has 0 aliphatic carbocycles. The molecule has 0 radical (unpaired) electrons. The highest BCUT2D eigenvalue weighted by Gasteiger charge is 2.13. The summed E-state index contributed by atoms with van der Waals surface area (Å²) in [6, 6.07) is 10.8. The second kappa shape index (κ2) is 7.61. The van der Waals surface area contributed by atoms with E-state index in [1.54, 1.807) is 48.3 Å². The van der Waals surface area contributed by atoms with Gasteiger partial charge in [0.1, 0.15) is 17.4 Å². The quantitative estimate of drug-likeness (QED) is 0.646. The van der Waals surface area contributed by atoms with Crippen molar-refractivity contribution < 1.29 is 14.6 Å². The van der Waals surface area contributed by atoms with Crippen LogP contribution in [0.15, 0.2) is 36.0 Å². The lowest BCUT2D eigenvalue weighted by Crippen LogP contribution is -1.97. The number of aliphatic carboxylic acids is 1. The number of nitrogens with zero attached hydrogens (tertiary/aromatic N) is 4. The number of aryl methyl sites for hydroxylation is 1. The van der Waals surface area contributed by atoms with E-state index in [1.165, 1.54) is 6.08 Å². The standard InChI is InChI=1S/C17H14N4O3/c1-24-15-5-3-12(4-6-15)16-14(9-13(10-19)17(22)23)11-21(20-16)8-2-7-18/h3-6,9,11H,2,8H2,1H3,(H,22,23)/b13-9-. The van der Waals surface area contributed by atoms with Gasteiger partial charge in [0.2, 0.25) is 0 Å². The highest BCUT2D eigenvalue weighted by atomic mass is 16.5. The van der Waals surface area contributed by atoms with E-state index in [4.69, 9.17) is 20.4 Å². The van der Waals surface area contributed by atoms with Gasteiger partial charge in [-0.1, -0.05) is 0 Å². The molecular formula is C17H14N4O3. The Kier molecular flexibility index (Phi) is 5.32. The fraction of sp³-hybridized carbons (Fsp3) is 0.176. The van der Waals surface area contributed by atoms with Crippen LogP contribution in [0.25, 0.3) is 17.3 Å².